The van der Waals surface area contributed by atoms with Crippen LogP contribution in [-0.4, -0.2) is 32.4 Å². The van der Waals surface area contributed by atoms with Crippen molar-refractivity contribution in [2.75, 3.05) is 19.0 Å². The molecule has 1 heterocycles. The second-order valence-electron chi connectivity index (χ2n) is 7.15. The van der Waals surface area contributed by atoms with Crippen LogP contribution in [0.15, 0.2) is 47.5 Å². The van der Waals surface area contributed by atoms with Gasteiger partial charge >= 0.3 is 0 Å². The topological polar surface area (TPSA) is 59.2 Å². The minimum absolute atomic E-state index is 0.0301. The number of benzene rings is 1. The van der Waals surface area contributed by atoms with Gasteiger partial charge in [-0.1, -0.05) is 37.8 Å². The summed E-state index contributed by atoms with van der Waals surface area (Å²) >= 11 is 0. The Labute approximate surface area is 156 Å². The van der Waals surface area contributed by atoms with Crippen LogP contribution in [-0.2, 0) is 14.6 Å². The molecule has 0 saturated heterocycles. The van der Waals surface area contributed by atoms with Crippen LogP contribution in [0.3, 0.4) is 0 Å². The number of hydrogen-bond donors (Lipinski definition) is 1. The monoisotopic (exact) mass is 375 g/mol. The normalized spacial score (nSPS) is 16.8. The van der Waals surface area contributed by atoms with Crippen molar-refractivity contribution < 1.29 is 13.2 Å². The molecule has 1 aromatic carbocycles. The summed E-state index contributed by atoms with van der Waals surface area (Å²) in [6.07, 6.45) is 8.36. The van der Waals surface area contributed by atoms with Gasteiger partial charge in [-0.15, -0.1) is 0 Å². The third-order valence-electron chi connectivity index (χ3n) is 5.38. The number of rotatable bonds is 9. The van der Waals surface area contributed by atoms with Crippen LogP contribution >= 0.6 is 0 Å². The predicted molar refractivity (Wildman–Crippen MR) is 104 cm³/mol. The van der Waals surface area contributed by atoms with Crippen molar-refractivity contribution in [3.05, 3.63) is 53.9 Å². The summed E-state index contributed by atoms with van der Waals surface area (Å²) in [4.78, 5) is 3.74. The third-order valence-corrected chi connectivity index (χ3v) is 7.08. The fourth-order valence-electron chi connectivity index (χ4n) is 3.92. The highest BCUT2D eigenvalue weighted by Crippen LogP contribution is 2.37. The molecule has 0 aliphatic heterocycles. The molecule has 1 aliphatic carbocycles. The van der Waals surface area contributed by atoms with Gasteiger partial charge in [0.2, 0.25) is 0 Å². The van der Waals surface area contributed by atoms with E-state index >= 15 is 0 Å². The molecule has 4 nitrogen and oxygen atoms in total. The van der Waals surface area contributed by atoms with Gasteiger partial charge in [-0.3, -0.25) is 0 Å². The molecule has 142 valence electrons. The molecular weight excluding hydrogens is 346 g/mol. The van der Waals surface area contributed by atoms with E-state index in [0.717, 1.165) is 12.3 Å². The summed E-state index contributed by atoms with van der Waals surface area (Å²) in [5, 5.41) is 0. The zero-order valence-corrected chi connectivity index (χ0v) is 16.3. The first-order valence-corrected chi connectivity index (χ1v) is 11.3. The molecule has 1 atom stereocenters. The molecule has 1 unspecified atom stereocenters. The maximum absolute atomic E-state index is 12.4. The molecule has 3 rings (SSSR count). The van der Waals surface area contributed by atoms with Gasteiger partial charge in [-0.25, -0.2) is 8.42 Å². The van der Waals surface area contributed by atoms with Crippen LogP contribution in [0.2, 0.25) is 0 Å². The van der Waals surface area contributed by atoms with Gasteiger partial charge in [0.25, 0.3) is 0 Å². The summed E-state index contributed by atoms with van der Waals surface area (Å²) < 4.78 is 30.0. The van der Waals surface area contributed by atoms with Crippen molar-refractivity contribution in [1.29, 1.82) is 0 Å². The van der Waals surface area contributed by atoms with E-state index in [-0.39, 0.29) is 12.4 Å². The highest BCUT2D eigenvalue weighted by molar-refractivity contribution is 7.91. The largest absolute Gasteiger partial charge is 0.381 e. The van der Waals surface area contributed by atoms with Gasteiger partial charge < -0.3 is 9.72 Å². The molecule has 0 amide bonds. The Balaban J connectivity index is 1.77. The Morgan fingerprint density at radius 2 is 1.88 bits per heavy atom. The Bertz CT molecular complexity index is 760. The van der Waals surface area contributed by atoms with Crippen molar-refractivity contribution >= 4 is 9.84 Å². The van der Waals surface area contributed by atoms with Crippen molar-refractivity contribution in [1.82, 2.24) is 4.98 Å². The summed E-state index contributed by atoms with van der Waals surface area (Å²) in [5.41, 5.74) is 2.40. The molecule has 1 fully saturated rings. The molecule has 2 aromatic rings. The van der Waals surface area contributed by atoms with E-state index < -0.39 is 9.84 Å². The first-order valence-electron chi connectivity index (χ1n) is 9.64. The number of H-pyrrole nitrogens is 1. The lowest BCUT2D eigenvalue weighted by molar-refractivity contribution is 0.163. The predicted octanol–water partition coefficient (Wildman–Crippen LogP) is 4.54. The lowest BCUT2D eigenvalue weighted by Gasteiger charge is -2.20. The number of aromatic nitrogens is 1. The number of ether oxygens (including phenoxy) is 1. The molecule has 0 radical (unpaired) electrons. The highest BCUT2D eigenvalue weighted by atomic mass is 32.2. The fraction of sp³-hybridized carbons (Fsp3) is 0.524. The molecule has 1 aromatic heterocycles. The maximum Gasteiger partial charge on any atom is 0.180 e. The smallest absolute Gasteiger partial charge is 0.180 e. The van der Waals surface area contributed by atoms with E-state index in [2.05, 4.69) is 11.1 Å². The Morgan fingerprint density at radius 3 is 2.50 bits per heavy atom. The van der Waals surface area contributed by atoms with Crippen molar-refractivity contribution in [2.45, 2.75) is 49.8 Å². The van der Waals surface area contributed by atoms with E-state index in [9.17, 15) is 8.42 Å². The number of aromatic amines is 1. The van der Waals surface area contributed by atoms with Crippen molar-refractivity contribution in [3.8, 4) is 0 Å². The minimum Gasteiger partial charge on any atom is -0.381 e. The molecule has 5 heteroatoms. The Hall–Kier alpha value is -1.59. The minimum atomic E-state index is -3.28. The third kappa shape index (κ3) is 4.77. The van der Waals surface area contributed by atoms with Crippen molar-refractivity contribution in [3.63, 3.8) is 0 Å². The molecule has 0 spiro atoms. The zero-order chi connectivity index (χ0) is 18.4. The highest BCUT2D eigenvalue weighted by Gasteiger charge is 2.24. The zero-order valence-electron chi connectivity index (χ0n) is 15.5. The van der Waals surface area contributed by atoms with Gasteiger partial charge in [0, 0.05) is 24.4 Å². The van der Waals surface area contributed by atoms with Gasteiger partial charge in [-0.05, 0) is 49.1 Å². The first kappa shape index (κ1) is 19.2. The second-order valence-corrected chi connectivity index (χ2v) is 9.26. The summed E-state index contributed by atoms with van der Waals surface area (Å²) in [6.45, 7) is 2.65. The molecule has 0 bridgehead atoms. The van der Waals surface area contributed by atoms with E-state index in [1.165, 1.54) is 36.9 Å². The molecular formula is C21H29NO3S. The molecule has 1 saturated carbocycles. The van der Waals surface area contributed by atoms with Gasteiger partial charge in [0.1, 0.15) is 0 Å². The number of sulfone groups is 1. The molecule has 26 heavy (non-hydrogen) atoms. The summed E-state index contributed by atoms with van der Waals surface area (Å²) in [5.74, 6) is 1.09. The van der Waals surface area contributed by atoms with Crippen LogP contribution in [0.4, 0.5) is 0 Å². The van der Waals surface area contributed by atoms with E-state index in [0.29, 0.717) is 17.4 Å². The standard InChI is InChI=1S/C21H29NO3S/c1-2-25-14-15-26(23,24)19-11-9-18(10-12-19)20(21-8-5-13-22-21)16-17-6-3-4-7-17/h5,8-13,17,20,22H,2-4,6-7,14-16H2,1H3. The maximum atomic E-state index is 12.4. The van der Waals surface area contributed by atoms with Crippen LogP contribution < -0.4 is 0 Å². The van der Waals surface area contributed by atoms with Crippen LogP contribution in [0.5, 0.6) is 0 Å². The van der Waals surface area contributed by atoms with Gasteiger partial charge in [-0.2, -0.15) is 0 Å². The van der Waals surface area contributed by atoms with E-state index in [1.54, 1.807) is 12.1 Å². The SMILES string of the molecule is CCOCCS(=O)(=O)c1ccc(C(CC2CCCC2)c2ccc[nH]2)cc1. The van der Waals surface area contributed by atoms with E-state index in [4.69, 9.17) is 4.74 Å². The first-order chi connectivity index (χ1) is 12.6. The average Bonchev–Trinajstić information content (AvgIpc) is 3.34. The number of nitrogens with one attached hydrogen (secondary N) is 1. The van der Waals surface area contributed by atoms with Crippen LogP contribution in [0.25, 0.3) is 0 Å². The van der Waals surface area contributed by atoms with E-state index in [1.807, 2.05) is 31.3 Å². The van der Waals surface area contributed by atoms with Gasteiger partial charge in [0.05, 0.1) is 17.3 Å². The average molecular weight is 376 g/mol. The number of hydrogen-bond acceptors (Lipinski definition) is 3. The lowest BCUT2D eigenvalue weighted by Crippen LogP contribution is -2.13. The van der Waals surface area contributed by atoms with Crippen molar-refractivity contribution in [2.24, 2.45) is 5.92 Å². The van der Waals surface area contributed by atoms with Crippen LogP contribution in [0, 0.1) is 5.92 Å². The quantitative estimate of drug-likeness (QED) is 0.655. The van der Waals surface area contributed by atoms with Gasteiger partial charge in [0.15, 0.2) is 9.84 Å². The Morgan fingerprint density at radius 1 is 1.15 bits per heavy atom. The van der Waals surface area contributed by atoms with Crippen LogP contribution in [0.1, 0.15) is 56.2 Å². The second kappa shape index (κ2) is 8.87. The summed E-state index contributed by atoms with van der Waals surface area (Å²) in [6, 6.07) is 11.6. The lowest BCUT2D eigenvalue weighted by atomic mass is 9.86. The Kier molecular flexibility index (Phi) is 6.54. The molecule has 1 N–H and O–H groups in total. The fourth-order valence-corrected chi connectivity index (χ4v) is 5.05. The summed E-state index contributed by atoms with van der Waals surface area (Å²) in [7, 11) is -3.28. The molecule has 1 aliphatic rings.